The number of benzene rings is 2. The van der Waals surface area contributed by atoms with Gasteiger partial charge in [0.05, 0.1) is 15.6 Å². The van der Waals surface area contributed by atoms with Crippen molar-refractivity contribution in [2.75, 3.05) is 0 Å². The molecule has 0 fully saturated rings. The van der Waals surface area contributed by atoms with E-state index in [0.717, 1.165) is 16.6 Å². The second-order valence-electron chi connectivity index (χ2n) is 4.80. The third-order valence-electron chi connectivity index (χ3n) is 3.34. The molecule has 0 amide bonds. The van der Waals surface area contributed by atoms with Gasteiger partial charge in [0.1, 0.15) is 5.75 Å². The third-order valence-corrected chi connectivity index (χ3v) is 4.08. The van der Waals surface area contributed by atoms with Gasteiger partial charge in [-0.15, -0.1) is 0 Å². The molecule has 0 saturated carbocycles. The Labute approximate surface area is 131 Å². The second-order valence-corrected chi connectivity index (χ2v) is 5.61. The summed E-state index contributed by atoms with van der Waals surface area (Å²) in [7, 11) is 0. The quantitative estimate of drug-likeness (QED) is 0.709. The van der Waals surface area contributed by atoms with E-state index >= 15 is 0 Å². The van der Waals surface area contributed by atoms with Crippen molar-refractivity contribution in [2.45, 2.75) is 6.92 Å². The molecule has 1 aromatic heterocycles. The maximum atomic E-state index is 12.7. The van der Waals surface area contributed by atoms with Crippen molar-refractivity contribution in [2.24, 2.45) is 0 Å². The van der Waals surface area contributed by atoms with Crippen molar-refractivity contribution < 1.29 is 9.90 Å². The summed E-state index contributed by atoms with van der Waals surface area (Å²) < 4.78 is 1.59. The summed E-state index contributed by atoms with van der Waals surface area (Å²) in [6.07, 6.45) is 0. The van der Waals surface area contributed by atoms with Crippen LogP contribution in [0, 0.1) is 6.92 Å². The Bertz CT molecular complexity index is 868. The molecule has 5 heteroatoms. The number of halogens is 2. The number of aromatic hydroxyl groups is 1. The number of carbonyl (C=O) groups excluding carboxylic acids is 1. The van der Waals surface area contributed by atoms with Crippen LogP contribution in [0.1, 0.15) is 16.1 Å². The van der Waals surface area contributed by atoms with E-state index in [1.165, 1.54) is 0 Å². The van der Waals surface area contributed by atoms with Crippen LogP contribution in [-0.4, -0.2) is 15.6 Å². The highest BCUT2D eigenvalue weighted by atomic mass is 35.5. The first-order chi connectivity index (χ1) is 9.97. The fourth-order valence-corrected chi connectivity index (χ4v) is 2.67. The van der Waals surface area contributed by atoms with E-state index in [-0.39, 0.29) is 11.7 Å². The Balaban J connectivity index is 2.17. The number of phenolic OH excluding ortho intramolecular Hbond substituents is 1. The highest BCUT2D eigenvalue weighted by Crippen LogP contribution is 2.27. The van der Waals surface area contributed by atoms with E-state index in [1.54, 1.807) is 41.0 Å². The number of hydrogen-bond donors (Lipinski definition) is 1. The van der Waals surface area contributed by atoms with Crippen LogP contribution in [0.4, 0.5) is 0 Å². The Hall–Kier alpha value is -1.97. The standard InChI is InChI=1S/C16H11Cl2NO2/c1-9-6-11-7-12(20)3-5-15(11)19(9)16(21)10-2-4-13(17)14(18)8-10/h2-8,20H,1H3. The zero-order valence-electron chi connectivity index (χ0n) is 11.1. The minimum atomic E-state index is -0.188. The number of nitrogens with zero attached hydrogens (tertiary/aromatic N) is 1. The van der Waals surface area contributed by atoms with Crippen LogP contribution in [0.2, 0.25) is 10.0 Å². The molecule has 0 aliphatic carbocycles. The van der Waals surface area contributed by atoms with Crippen LogP contribution >= 0.6 is 23.2 Å². The monoisotopic (exact) mass is 319 g/mol. The molecule has 1 heterocycles. The van der Waals surface area contributed by atoms with Crippen LogP contribution in [0.3, 0.4) is 0 Å². The molecular formula is C16H11Cl2NO2. The number of carbonyl (C=O) groups is 1. The van der Waals surface area contributed by atoms with E-state index in [1.807, 2.05) is 13.0 Å². The van der Waals surface area contributed by atoms with E-state index < -0.39 is 0 Å². The molecule has 1 N–H and O–H groups in total. The van der Waals surface area contributed by atoms with Crippen molar-refractivity contribution in [3.63, 3.8) is 0 Å². The molecule has 106 valence electrons. The molecule has 2 aromatic carbocycles. The van der Waals surface area contributed by atoms with Crippen LogP contribution in [0.25, 0.3) is 10.9 Å². The Morgan fingerprint density at radius 2 is 1.81 bits per heavy atom. The molecule has 0 saturated heterocycles. The van der Waals surface area contributed by atoms with Gasteiger partial charge in [-0.2, -0.15) is 0 Å². The van der Waals surface area contributed by atoms with Gasteiger partial charge in [-0.05, 0) is 49.4 Å². The third kappa shape index (κ3) is 2.39. The first-order valence-corrected chi connectivity index (χ1v) is 7.04. The van der Waals surface area contributed by atoms with Gasteiger partial charge in [0.2, 0.25) is 0 Å². The van der Waals surface area contributed by atoms with Crippen LogP contribution < -0.4 is 0 Å². The fourth-order valence-electron chi connectivity index (χ4n) is 2.37. The average molecular weight is 320 g/mol. The molecule has 0 spiro atoms. The number of phenols is 1. The van der Waals surface area contributed by atoms with E-state index in [0.29, 0.717) is 15.6 Å². The molecule has 0 atom stereocenters. The van der Waals surface area contributed by atoms with Crippen LogP contribution in [0.15, 0.2) is 42.5 Å². The lowest BCUT2D eigenvalue weighted by molar-refractivity contribution is 0.0963. The summed E-state index contributed by atoms with van der Waals surface area (Å²) >= 11 is 11.8. The molecule has 3 aromatic rings. The van der Waals surface area contributed by atoms with Gasteiger partial charge in [0.15, 0.2) is 0 Å². The predicted octanol–water partition coefficient (Wildman–Crippen LogP) is 4.65. The van der Waals surface area contributed by atoms with Crippen molar-refractivity contribution >= 4 is 40.0 Å². The Morgan fingerprint density at radius 3 is 2.52 bits per heavy atom. The summed E-state index contributed by atoms with van der Waals surface area (Å²) in [6.45, 7) is 1.84. The number of fused-ring (bicyclic) bond motifs is 1. The zero-order valence-corrected chi connectivity index (χ0v) is 12.6. The van der Waals surface area contributed by atoms with Crippen molar-refractivity contribution in [3.8, 4) is 5.75 Å². The van der Waals surface area contributed by atoms with E-state index in [9.17, 15) is 9.90 Å². The lowest BCUT2D eigenvalue weighted by atomic mass is 10.2. The minimum absolute atomic E-state index is 0.168. The van der Waals surface area contributed by atoms with Gasteiger partial charge in [0, 0.05) is 16.6 Å². The van der Waals surface area contributed by atoms with Gasteiger partial charge in [0.25, 0.3) is 5.91 Å². The molecule has 3 nitrogen and oxygen atoms in total. The molecule has 3 rings (SSSR count). The maximum absolute atomic E-state index is 12.7. The van der Waals surface area contributed by atoms with Gasteiger partial charge >= 0.3 is 0 Å². The molecule has 21 heavy (non-hydrogen) atoms. The first kappa shape index (κ1) is 14.0. The lowest BCUT2D eigenvalue weighted by Crippen LogP contribution is -2.13. The molecule has 0 aliphatic rings. The lowest BCUT2D eigenvalue weighted by Gasteiger charge is -2.08. The molecule has 0 bridgehead atoms. The summed E-state index contributed by atoms with van der Waals surface area (Å²) in [5, 5.41) is 11.1. The SMILES string of the molecule is Cc1cc2cc(O)ccc2n1C(=O)c1ccc(Cl)c(Cl)c1. The molecule has 0 unspecified atom stereocenters. The predicted molar refractivity (Wildman–Crippen MR) is 84.5 cm³/mol. The fraction of sp³-hybridized carbons (Fsp3) is 0.0625. The summed E-state index contributed by atoms with van der Waals surface area (Å²) in [5.74, 6) is -0.0200. The Kier molecular flexibility index (Phi) is 3.40. The van der Waals surface area contributed by atoms with Crippen LogP contribution in [0.5, 0.6) is 5.75 Å². The van der Waals surface area contributed by atoms with Crippen molar-refractivity contribution in [1.82, 2.24) is 4.57 Å². The van der Waals surface area contributed by atoms with E-state index in [4.69, 9.17) is 23.2 Å². The van der Waals surface area contributed by atoms with E-state index in [2.05, 4.69) is 0 Å². The smallest absolute Gasteiger partial charge is 0.262 e. The van der Waals surface area contributed by atoms with Gasteiger partial charge in [-0.1, -0.05) is 23.2 Å². The highest BCUT2D eigenvalue weighted by Gasteiger charge is 2.16. The number of hydrogen-bond acceptors (Lipinski definition) is 2. The van der Waals surface area contributed by atoms with Gasteiger partial charge in [-0.3, -0.25) is 9.36 Å². The molecule has 0 radical (unpaired) electrons. The number of aromatic nitrogens is 1. The van der Waals surface area contributed by atoms with Crippen molar-refractivity contribution in [3.05, 3.63) is 63.8 Å². The normalized spacial score (nSPS) is 11.0. The topological polar surface area (TPSA) is 42.2 Å². The Morgan fingerprint density at radius 1 is 1.05 bits per heavy atom. The maximum Gasteiger partial charge on any atom is 0.262 e. The van der Waals surface area contributed by atoms with Crippen LogP contribution in [-0.2, 0) is 0 Å². The van der Waals surface area contributed by atoms with Gasteiger partial charge < -0.3 is 5.11 Å². The zero-order chi connectivity index (χ0) is 15.1. The highest BCUT2D eigenvalue weighted by molar-refractivity contribution is 6.42. The summed E-state index contributed by atoms with van der Waals surface area (Å²) in [6, 6.07) is 11.5. The average Bonchev–Trinajstić information content (AvgIpc) is 2.76. The minimum Gasteiger partial charge on any atom is -0.508 e. The second kappa shape index (κ2) is 5.10. The molecule has 0 aliphatic heterocycles. The molecular weight excluding hydrogens is 309 g/mol. The summed E-state index contributed by atoms with van der Waals surface area (Å²) in [4.78, 5) is 12.7. The largest absolute Gasteiger partial charge is 0.508 e. The summed E-state index contributed by atoms with van der Waals surface area (Å²) in [5.41, 5.74) is 1.98. The first-order valence-electron chi connectivity index (χ1n) is 6.28. The number of rotatable bonds is 1. The number of aryl methyl sites for hydroxylation is 1. The van der Waals surface area contributed by atoms with Gasteiger partial charge in [-0.25, -0.2) is 0 Å². The van der Waals surface area contributed by atoms with Crippen molar-refractivity contribution in [1.29, 1.82) is 0 Å².